The summed E-state index contributed by atoms with van der Waals surface area (Å²) in [5, 5.41) is 16.5. The molecule has 1 aliphatic heterocycles. The second-order valence-corrected chi connectivity index (χ2v) is 7.43. The van der Waals surface area contributed by atoms with Crippen molar-refractivity contribution in [2.75, 3.05) is 50.4 Å². The number of nitrogens with zero attached hydrogens (tertiary/aromatic N) is 3. The minimum absolute atomic E-state index is 0.0292. The van der Waals surface area contributed by atoms with Gasteiger partial charge in [-0.25, -0.2) is 0 Å². The first kappa shape index (κ1) is 24.8. The lowest BCUT2D eigenvalue weighted by molar-refractivity contribution is -0.384. The molecule has 0 unspecified atom stereocenters. The van der Waals surface area contributed by atoms with Gasteiger partial charge >= 0.3 is 6.36 Å². The first-order valence-electron chi connectivity index (χ1n) is 10.2. The molecule has 0 spiro atoms. The van der Waals surface area contributed by atoms with Crippen molar-refractivity contribution in [2.24, 2.45) is 0 Å². The van der Waals surface area contributed by atoms with Crippen molar-refractivity contribution in [2.45, 2.75) is 6.36 Å². The third kappa shape index (κ3) is 6.57. The van der Waals surface area contributed by atoms with Crippen LogP contribution in [0.2, 0.25) is 0 Å². The molecule has 0 aromatic heterocycles. The summed E-state index contributed by atoms with van der Waals surface area (Å²) in [6, 6.07) is 8.83. The summed E-state index contributed by atoms with van der Waals surface area (Å²) >= 11 is 0. The average Bonchev–Trinajstić information content (AvgIpc) is 2.79. The van der Waals surface area contributed by atoms with Crippen LogP contribution in [-0.4, -0.2) is 72.7 Å². The summed E-state index contributed by atoms with van der Waals surface area (Å²) in [4.78, 5) is 39.1. The zero-order valence-corrected chi connectivity index (χ0v) is 18.1. The van der Waals surface area contributed by atoms with Crippen molar-refractivity contribution in [3.63, 3.8) is 0 Å². The second-order valence-electron chi connectivity index (χ2n) is 7.43. The molecule has 1 heterocycles. The number of benzene rings is 2. The molecule has 1 saturated heterocycles. The highest BCUT2D eigenvalue weighted by Gasteiger charge is 2.31. The number of anilines is 2. The summed E-state index contributed by atoms with van der Waals surface area (Å²) in [6.07, 6.45) is -4.79. The fourth-order valence-corrected chi connectivity index (χ4v) is 3.46. The van der Waals surface area contributed by atoms with Gasteiger partial charge in [0.1, 0.15) is 5.75 Å². The van der Waals surface area contributed by atoms with Gasteiger partial charge in [0.2, 0.25) is 5.91 Å². The highest BCUT2D eigenvalue weighted by Crippen LogP contribution is 2.25. The van der Waals surface area contributed by atoms with E-state index in [0.717, 1.165) is 12.1 Å². The van der Waals surface area contributed by atoms with Gasteiger partial charge in [0, 0.05) is 56.7 Å². The van der Waals surface area contributed by atoms with E-state index >= 15 is 0 Å². The number of ether oxygens (including phenoxy) is 1. The molecule has 2 N–H and O–H groups in total. The van der Waals surface area contributed by atoms with Crippen LogP contribution in [-0.2, 0) is 4.79 Å². The number of hydrogen-bond donors (Lipinski definition) is 2. The van der Waals surface area contributed by atoms with Crippen LogP contribution in [0.3, 0.4) is 0 Å². The molecule has 0 aliphatic carbocycles. The maximum absolute atomic E-state index is 12.9. The highest BCUT2D eigenvalue weighted by atomic mass is 19.4. The summed E-state index contributed by atoms with van der Waals surface area (Å²) in [5.74, 6) is -1.10. The Hall–Kier alpha value is -3.87. The van der Waals surface area contributed by atoms with E-state index in [0.29, 0.717) is 37.6 Å². The molecule has 0 radical (unpaired) electrons. The number of rotatable bonds is 7. The van der Waals surface area contributed by atoms with Gasteiger partial charge in [-0.15, -0.1) is 13.2 Å². The van der Waals surface area contributed by atoms with E-state index in [1.54, 1.807) is 11.9 Å². The molecule has 0 atom stereocenters. The van der Waals surface area contributed by atoms with E-state index in [1.807, 2.05) is 4.90 Å². The number of nitro groups is 1. The fraction of sp³-hybridized carbons (Fsp3) is 0.333. The van der Waals surface area contributed by atoms with Gasteiger partial charge in [-0.2, -0.15) is 0 Å². The number of non-ortho nitro benzene ring substituents is 1. The first-order valence-corrected chi connectivity index (χ1v) is 10.2. The lowest BCUT2D eigenvalue weighted by Crippen LogP contribution is -2.50. The van der Waals surface area contributed by atoms with Crippen LogP contribution >= 0.6 is 0 Å². The van der Waals surface area contributed by atoms with Gasteiger partial charge in [-0.3, -0.25) is 24.6 Å². The molecule has 2 amide bonds. The molecule has 1 fully saturated rings. The Morgan fingerprint density at radius 3 is 2.29 bits per heavy atom. The topological polar surface area (TPSA) is 117 Å². The van der Waals surface area contributed by atoms with Crippen molar-refractivity contribution in [3.8, 4) is 5.75 Å². The number of carbonyl (C=O) groups excluding carboxylic acids is 2. The van der Waals surface area contributed by atoms with Gasteiger partial charge < -0.3 is 20.3 Å². The molecule has 0 bridgehead atoms. The Labute approximate surface area is 192 Å². The maximum atomic E-state index is 12.9. The van der Waals surface area contributed by atoms with Crippen LogP contribution in [0.4, 0.5) is 30.2 Å². The first-order chi connectivity index (χ1) is 16.1. The lowest BCUT2D eigenvalue weighted by Gasteiger charge is -2.34. The van der Waals surface area contributed by atoms with E-state index in [2.05, 4.69) is 15.4 Å². The van der Waals surface area contributed by atoms with Crippen molar-refractivity contribution in [1.82, 2.24) is 9.80 Å². The van der Waals surface area contributed by atoms with Crippen LogP contribution in [0.1, 0.15) is 10.4 Å². The zero-order valence-electron chi connectivity index (χ0n) is 18.1. The molecular formula is C21H22F3N5O5. The van der Waals surface area contributed by atoms with Crippen molar-refractivity contribution in [1.29, 1.82) is 0 Å². The van der Waals surface area contributed by atoms with Gasteiger partial charge in [0.15, 0.2) is 0 Å². The summed E-state index contributed by atoms with van der Waals surface area (Å²) in [7, 11) is 1.62. The minimum Gasteiger partial charge on any atom is -0.406 e. The van der Waals surface area contributed by atoms with Crippen LogP contribution < -0.4 is 15.4 Å². The molecule has 2 aromatic rings. The standard InChI is InChI=1S/C21H22F3N5O5/c1-25-18-7-4-15(29(32)33)12-17(18)20(31)28-10-8-27(9-11-28)13-19(30)26-14-2-5-16(6-3-14)34-21(22,23)24/h2-7,12,25H,8-11,13H2,1H3,(H,26,30). The van der Waals surface area contributed by atoms with Gasteiger partial charge in [-0.1, -0.05) is 0 Å². The van der Waals surface area contributed by atoms with Crippen molar-refractivity contribution in [3.05, 3.63) is 58.1 Å². The third-order valence-corrected chi connectivity index (χ3v) is 5.11. The smallest absolute Gasteiger partial charge is 0.406 e. The fourth-order valence-electron chi connectivity index (χ4n) is 3.46. The summed E-state index contributed by atoms with van der Waals surface area (Å²) in [5.41, 5.74) is 0.805. The van der Waals surface area contributed by atoms with Gasteiger partial charge in [-0.05, 0) is 30.3 Å². The predicted molar refractivity (Wildman–Crippen MR) is 117 cm³/mol. The molecule has 3 rings (SSSR count). The monoisotopic (exact) mass is 481 g/mol. The number of halogens is 3. The number of amides is 2. The Balaban J connectivity index is 1.52. The predicted octanol–water partition coefficient (Wildman–Crippen LogP) is 2.93. The Bertz CT molecular complexity index is 1050. The van der Waals surface area contributed by atoms with Crippen LogP contribution in [0, 0.1) is 10.1 Å². The summed E-state index contributed by atoms with van der Waals surface area (Å²) in [6.45, 7) is 1.48. The number of nitrogens with one attached hydrogen (secondary N) is 2. The Kier molecular flexibility index (Phi) is 7.56. The molecule has 10 nitrogen and oxygen atoms in total. The van der Waals surface area contributed by atoms with Crippen molar-refractivity contribution >= 4 is 28.9 Å². The van der Waals surface area contributed by atoms with E-state index in [4.69, 9.17) is 0 Å². The molecule has 13 heteroatoms. The number of piperazine rings is 1. The Morgan fingerprint density at radius 2 is 1.74 bits per heavy atom. The number of nitro benzene ring substituents is 1. The van der Waals surface area contributed by atoms with Crippen LogP contribution in [0.5, 0.6) is 5.75 Å². The zero-order chi connectivity index (χ0) is 24.9. The molecule has 0 saturated carbocycles. The Morgan fingerprint density at radius 1 is 1.09 bits per heavy atom. The van der Waals surface area contributed by atoms with E-state index in [1.165, 1.54) is 30.3 Å². The molecule has 182 valence electrons. The highest BCUT2D eigenvalue weighted by molar-refractivity contribution is 6.00. The largest absolute Gasteiger partial charge is 0.573 e. The quantitative estimate of drug-likeness (QED) is 0.461. The number of alkyl halides is 3. The molecule has 34 heavy (non-hydrogen) atoms. The van der Waals surface area contributed by atoms with E-state index < -0.39 is 17.0 Å². The number of hydrogen-bond acceptors (Lipinski definition) is 7. The van der Waals surface area contributed by atoms with Crippen LogP contribution in [0.15, 0.2) is 42.5 Å². The van der Waals surface area contributed by atoms with Crippen molar-refractivity contribution < 1.29 is 32.4 Å². The summed E-state index contributed by atoms with van der Waals surface area (Å²) < 4.78 is 40.5. The van der Waals surface area contributed by atoms with Gasteiger partial charge in [0.05, 0.1) is 17.0 Å². The third-order valence-electron chi connectivity index (χ3n) is 5.11. The molecule has 2 aromatic carbocycles. The maximum Gasteiger partial charge on any atom is 0.573 e. The molecule has 1 aliphatic rings. The second kappa shape index (κ2) is 10.4. The van der Waals surface area contributed by atoms with Gasteiger partial charge in [0.25, 0.3) is 11.6 Å². The average molecular weight is 481 g/mol. The minimum atomic E-state index is -4.79. The SMILES string of the molecule is CNc1ccc([N+](=O)[O-])cc1C(=O)N1CCN(CC(=O)Nc2ccc(OC(F)(F)F)cc2)CC1. The van der Waals surface area contributed by atoms with Crippen LogP contribution in [0.25, 0.3) is 0 Å². The number of carbonyl (C=O) groups is 2. The van der Waals surface area contributed by atoms with E-state index in [-0.39, 0.29) is 29.6 Å². The lowest BCUT2D eigenvalue weighted by atomic mass is 10.1. The van der Waals surface area contributed by atoms with E-state index in [9.17, 15) is 32.9 Å². The molecular weight excluding hydrogens is 459 g/mol. The normalized spacial score (nSPS) is 14.4.